The number of carbonyl (C=O) groups excluding carboxylic acids is 2. The lowest BCUT2D eigenvalue weighted by Crippen LogP contribution is -2.52. The summed E-state index contributed by atoms with van der Waals surface area (Å²) in [7, 11) is 0. The fourth-order valence-electron chi connectivity index (χ4n) is 3.08. The first kappa shape index (κ1) is 16.4. The second kappa shape index (κ2) is 6.21. The molecule has 0 bridgehead atoms. The molecule has 2 heterocycles. The molecule has 1 saturated heterocycles. The van der Waals surface area contributed by atoms with Gasteiger partial charge >= 0.3 is 11.9 Å². The Morgan fingerprint density at radius 3 is 2.38 bits per heavy atom. The van der Waals surface area contributed by atoms with Crippen LogP contribution < -0.4 is 5.43 Å². The number of esters is 2. The number of rotatable bonds is 3. The van der Waals surface area contributed by atoms with Crippen LogP contribution in [0.25, 0.3) is 0 Å². The lowest BCUT2D eigenvalue weighted by molar-refractivity contribution is -0.240. The van der Waals surface area contributed by atoms with Crippen LogP contribution in [0.4, 0.5) is 5.95 Å². The Morgan fingerprint density at radius 1 is 1.25 bits per heavy atom. The second-order valence-electron chi connectivity index (χ2n) is 6.59. The Morgan fingerprint density at radius 2 is 1.88 bits per heavy atom. The Labute approximate surface area is 139 Å². The quantitative estimate of drug-likeness (QED) is 0.635. The molecule has 1 aliphatic carbocycles. The number of nitrogens with zero attached hydrogens (tertiary/aromatic N) is 3. The molecule has 9 nitrogen and oxygen atoms in total. The molecule has 1 aliphatic heterocycles. The smallest absolute Gasteiger partial charge is 0.369 e. The third-order valence-corrected chi connectivity index (χ3v) is 4.54. The van der Waals surface area contributed by atoms with E-state index in [-0.39, 0.29) is 5.95 Å². The van der Waals surface area contributed by atoms with Gasteiger partial charge in [-0.3, -0.25) is 5.10 Å². The van der Waals surface area contributed by atoms with Crippen LogP contribution in [0, 0.1) is 18.8 Å². The summed E-state index contributed by atoms with van der Waals surface area (Å²) in [6.45, 7) is 6.05. The maximum Gasteiger partial charge on any atom is 0.369 e. The number of H-pyrrole nitrogens is 1. The van der Waals surface area contributed by atoms with Crippen LogP contribution in [0.15, 0.2) is 5.10 Å². The van der Waals surface area contributed by atoms with Gasteiger partial charge in [-0.05, 0) is 31.6 Å². The van der Waals surface area contributed by atoms with Crippen molar-refractivity contribution in [2.75, 3.05) is 5.43 Å². The summed E-state index contributed by atoms with van der Waals surface area (Å²) >= 11 is 0. The van der Waals surface area contributed by atoms with Crippen molar-refractivity contribution < 1.29 is 19.1 Å². The van der Waals surface area contributed by atoms with E-state index in [1.165, 1.54) is 0 Å². The molecule has 9 heteroatoms. The van der Waals surface area contributed by atoms with Crippen LogP contribution in [0.1, 0.15) is 45.4 Å². The fraction of sp³-hybridized carbons (Fsp3) is 0.667. The molecule has 3 rings (SSSR count). The van der Waals surface area contributed by atoms with Gasteiger partial charge in [0.2, 0.25) is 0 Å². The average Bonchev–Trinajstić information content (AvgIpc) is 2.92. The number of aromatic nitrogens is 3. The van der Waals surface area contributed by atoms with E-state index in [1.54, 1.807) is 6.92 Å². The van der Waals surface area contributed by atoms with Gasteiger partial charge in [0.25, 0.3) is 17.4 Å². The first-order valence-corrected chi connectivity index (χ1v) is 8.08. The van der Waals surface area contributed by atoms with E-state index in [0.29, 0.717) is 30.5 Å². The van der Waals surface area contributed by atoms with Crippen LogP contribution in [-0.4, -0.2) is 38.6 Å². The normalized spacial score (nSPS) is 27.2. The van der Waals surface area contributed by atoms with E-state index in [2.05, 4.69) is 39.6 Å². The van der Waals surface area contributed by atoms with Crippen molar-refractivity contribution in [3.8, 4) is 0 Å². The zero-order valence-electron chi connectivity index (χ0n) is 14.0. The highest BCUT2D eigenvalue weighted by atomic mass is 16.7. The molecule has 0 amide bonds. The van der Waals surface area contributed by atoms with E-state index in [1.807, 2.05) is 0 Å². The molecule has 0 aromatic carbocycles. The van der Waals surface area contributed by atoms with Gasteiger partial charge in [0.1, 0.15) is 5.82 Å². The lowest BCUT2D eigenvalue weighted by Gasteiger charge is -2.41. The fourth-order valence-corrected chi connectivity index (χ4v) is 3.08. The Bertz CT molecular complexity index is 651. The molecule has 2 N–H and O–H groups in total. The number of hydrazone groups is 1. The van der Waals surface area contributed by atoms with Gasteiger partial charge in [0.15, 0.2) is 0 Å². The summed E-state index contributed by atoms with van der Waals surface area (Å²) in [5.74, 6) is -0.865. The lowest BCUT2D eigenvalue weighted by atomic mass is 9.79. The first-order chi connectivity index (χ1) is 11.4. The zero-order valence-corrected chi connectivity index (χ0v) is 14.0. The Kier molecular flexibility index (Phi) is 4.25. The average molecular weight is 335 g/mol. The third kappa shape index (κ3) is 3.24. The topological polar surface area (TPSA) is 119 Å². The number of nitrogens with one attached hydrogen (secondary N) is 2. The Hall–Kier alpha value is -2.45. The standard InChI is InChI=1S/C15H21N5O4/c1-8(2)10-4-6-15(7-5-10)23-12(21)11(13(22)24-15)18-20-14-16-9(3)17-19-14/h8,10H,4-7H2,1-3H3,(H2,16,17,19,20). The molecule has 2 fully saturated rings. The predicted molar refractivity (Wildman–Crippen MR) is 83.9 cm³/mol. The number of aromatic amines is 1. The largest absolute Gasteiger partial charge is 0.417 e. The number of carbonyl (C=O) groups is 2. The Balaban J connectivity index is 1.66. The summed E-state index contributed by atoms with van der Waals surface area (Å²) in [5.41, 5.74) is 2.01. The van der Waals surface area contributed by atoms with Gasteiger partial charge < -0.3 is 9.47 Å². The maximum absolute atomic E-state index is 12.2. The van der Waals surface area contributed by atoms with E-state index in [9.17, 15) is 9.59 Å². The molecular weight excluding hydrogens is 314 g/mol. The van der Waals surface area contributed by atoms with E-state index in [0.717, 1.165) is 12.8 Å². The van der Waals surface area contributed by atoms with Crippen LogP contribution >= 0.6 is 0 Å². The van der Waals surface area contributed by atoms with Crippen LogP contribution in [0.3, 0.4) is 0 Å². The molecule has 1 spiro atoms. The van der Waals surface area contributed by atoms with Gasteiger partial charge in [-0.15, -0.1) is 5.10 Å². The zero-order chi connectivity index (χ0) is 17.3. The van der Waals surface area contributed by atoms with Crippen molar-refractivity contribution in [3.05, 3.63) is 5.82 Å². The minimum atomic E-state index is -1.14. The molecule has 2 aliphatic rings. The molecule has 1 aromatic heterocycles. The highest BCUT2D eigenvalue weighted by Crippen LogP contribution is 2.40. The van der Waals surface area contributed by atoms with Gasteiger partial charge in [-0.1, -0.05) is 13.8 Å². The summed E-state index contributed by atoms with van der Waals surface area (Å²) in [5, 5.41) is 10.1. The van der Waals surface area contributed by atoms with E-state index < -0.39 is 23.4 Å². The van der Waals surface area contributed by atoms with Crippen molar-refractivity contribution in [2.24, 2.45) is 16.9 Å². The van der Waals surface area contributed by atoms with Crippen molar-refractivity contribution in [1.82, 2.24) is 15.2 Å². The van der Waals surface area contributed by atoms with Crippen LogP contribution in [0.2, 0.25) is 0 Å². The van der Waals surface area contributed by atoms with Crippen molar-refractivity contribution in [3.63, 3.8) is 0 Å². The molecule has 0 unspecified atom stereocenters. The SMILES string of the molecule is Cc1nc(NN=C2C(=O)OC3(CCC(C(C)C)CC3)OC2=O)n[nH]1. The summed E-state index contributed by atoms with van der Waals surface area (Å²) < 4.78 is 10.8. The molecule has 1 aromatic rings. The van der Waals surface area contributed by atoms with E-state index in [4.69, 9.17) is 9.47 Å². The number of hydrogen-bond donors (Lipinski definition) is 2. The van der Waals surface area contributed by atoms with Crippen molar-refractivity contribution in [1.29, 1.82) is 0 Å². The minimum absolute atomic E-state index is 0.151. The molecule has 0 radical (unpaired) electrons. The number of ether oxygens (including phenoxy) is 2. The van der Waals surface area contributed by atoms with Crippen LogP contribution in [0.5, 0.6) is 0 Å². The summed E-state index contributed by atoms with van der Waals surface area (Å²) in [6.07, 6.45) is 2.77. The summed E-state index contributed by atoms with van der Waals surface area (Å²) in [4.78, 5) is 28.3. The monoisotopic (exact) mass is 335 g/mol. The number of anilines is 1. The van der Waals surface area contributed by atoms with Gasteiger partial charge in [-0.25, -0.2) is 15.0 Å². The maximum atomic E-state index is 12.2. The minimum Gasteiger partial charge on any atom is -0.417 e. The second-order valence-corrected chi connectivity index (χ2v) is 6.59. The third-order valence-electron chi connectivity index (χ3n) is 4.54. The molecule has 0 atom stereocenters. The highest BCUT2D eigenvalue weighted by Gasteiger charge is 2.49. The first-order valence-electron chi connectivity index (χ1n) is 8.08. The van der Waals surface area contributed by atoms with Crippen molar-refractivity contribution in [2.45, 2.75) is 52.2 Å². The number of hydrogen-bond acceptors (Lipinski definition) is 8. The number of aryl methyl sites for hydroxylation is 1. The predicted octanol–water partition coefficient (Wildman–Crippen LogP) is 1.52. The van der Waals surface area contributed by atoms with Crippen LogP contribution in [-0.2, 0) is 19.1 Å². The van der Waals surface area contributed by atoms with E-state index >= 15 is 0 Å². The molecule has 130 valence electrons. The van der Waals surface area contributed by atoms with Gasteiger partial charge in [0.05, 0.1) is 0 Å². The molecular formula is C15H21N5O4. The summed E-state index contributed by atoms with van der Waals surface area (Å²) in [6, 6.07) is 0. The molecule has 24 heavy (non-hydrogen) atoms. The van der Waals surface area contributed by atoms with Crippen molar-refractivity contribution >= 4 is 23.6 Å². The van der Waals surface area contributed by atoms with Gasteiger partial charge in [-0.2, -0.15) is 10.1 Å². The highest BCUT2D eigenvalue weighted by molar-refractivity contribution is 6.63. The van der Waals surface area contributed by atoms with Gasteiger partial charge in [0, 0.05) is 12.8 Å². The molecule has 1 saturated carbocycles.